The number of benzene rings is 1. The van der Waals surface area contributed by atoms with E-state index in [2.05, 4.69) is 19.3 Å². The Morgan fingerprint density at radius 2 is 2.05 bits per heavy atom. The first kappa shape index (κ1) is 14.8. The third-order valence-corrected chi connectivity index (χ3v) is 4.91. The summed E-state index contributed by atoms with van der Waals surface area (Å²) in [6.45, 7) is 4.59. The van der Waals surface area contributed by atoms with E-state index in [4.69, 9.17) is 17.4 Å². The van der Waals surface area contributed by atoms with E-state index in [0.29, 0.717) is 16.9 Å². The predicted octanol–water partition coefficient (Wildman–Crippen LogP) is 4.06. The Morgan fingerprint density at radius 1 is 1.32 bits per heavy atom. The summed E-state index contributed by atoms with van der Waals surface area (Å²) in [4.78, 5) is 0. The van der Waals surface area contributed by atoms with Gasteiger partial charge in [-0.25, -0.2) is 4.39 Å². The maximum Gasteiger partial charge on any atom is 0.124 e. The van der Waals surface area contributed by atoms with Gasteiger partial charge in [0.05, 0.1) is 6.04 Å². The van der Waals surface area contributed by atoms with Crippen molar-refractivity contribution in [3.63, 3.8) is 0 Å². The molecule has 1 aromatic carbocycles. The molecule has 1 saturated carbocycles. The predicted molar refractivity (Wildman–Crippen MR) is 77.1 cm³/mol. The van der Waals surface area contributed by atoms with Crippen LogP contribution in [0.4, 0.5) is 4.39 Å². The fourth-order valence-corrected chi connectivity index (χ4v) is 3.41. The van der Waals surface area contributed by atoms with Gasteiger partial charge in [0.1, 0.15) is 5.82 Å². The molecule has 1 aliphatic carbocycles. The van der Waals surface area contributed by atoms with Crippen molar-refractivity contribution in [3.05, 3.63) is 34.6 Å². The van der Waals surface area contributed by atoms with E-state index < -0.39 is 0 Å². The molecule has 4 unspecified atom stereocenters. The van der Waals surface area contributed by atoms with Gasteiger partial charge in [-0.1, -0.05) is 37.9 Å². The second-order valence-electron chi connectivity index (χ2n) is 5.84. The van der Waals surface area contributed by atoms with Crippen molar-refractivity contribution in [2.75, 3.05) is 0 Å². The quantitative estimate of drug-likeness (QED) is 0.649. The first-order chi connectivity index (χ1) is 9.02. The van der Waals surface area contributed by atoms with Crippen LogP contribution in [0, 0.1) is 23.6 Å². The number of nitrogens with one attached hydrogen (secondary N) is 1. The molecule has 1 aromatic rings. The Balaban J connectivity index is 2.20. The molecule has 0 aromatic heterocycles. The van der Waals surface area contributed by atoms with Crippen molar-refractivity contribution in [1.82, 2.24) is 5.43 Å². The molecule has 2 rings (SSSR count). The molecule has 4 atom stereocenters. The Morgan fingerprint density at radius 3 is 2.63 bits per heavy atom. The topological polar surface area (TPSA) is 38.0 Å². The van der Waals surface area contributed by atoms with Gasteiger partial charge in [0.2, 0.25) is 0 Å². The summed E-state index contributed by atoms with van der Waals surface area (Å²) in [5.41, 5.74) is 3.78. The zero-order valence-corrected chi connectivity index (χ0v) is 12.3. The van der Waals surface area contributed by atoms with Gasteiger partial charge < -0.3 is 0 Å². The third kappa shape index (κ3) is 3.28. The van der Waals surface area contributed by atoms with Gasteiger partial charge >= 0.3 is 0 Å². The first-order valence-corrected chi connectivity index (χ1v) is 7.31. The standard InChI is InChI=1S/C15H22ClFN2/c1-9-3-4-11(7-10(9)2)15(19-18)13-6-5-12(17)8-14(13)16/h5-6,8-11,15,19H,3-4,7,18H2,1-2H3. The molecule has 106 valence electrons. The first-order valence-electron chi connectivity index (χ1n) is 6.94. The highest BCUT2D eigenvalue weighted by Crippen LogP contribution is 2.41. The van der Waals surface area contributed by atoms with Crippen LogP contribution in [0.25, 0.3) is 0 Å². The summed E-state index contributed by atoms with van der Waals surface area (Å²) in [6.07, 6.45) is 3.47. The van der Waals surface area contributed by atoms with Crippen molar-refractivity contribution >= 4 is 11.6 Å². The molecule has 0 heterocycles. The van der Waals surface area contributed by atoms with Crippen LogP contribution >= 0.6 is 11.6 Å². The fourth-order valence-electron chi connectivity index (χ4n) is 3.13. The normalized spacial score (nSPS) is 29.2. The van der Waals surface area contributed by atoms with E-state index in [9.17, 15) is 4.39 Å². The molecule has 0 spiro atoms. The summed E-state index contributed by atoms with van der Waals surface area (Å²) in [5.74, 6) is 7.32. The largest absolute Gasteiger partial charge is 0.271 e. The van der Waals surface area contributed by atoms with Crippen LogP contribution < -0.4 is 11.3 Å². The maximum atomic E-state index is 13.1. The highest BCUT2D eigenvalue weighted by molar-refractivity contribution is 6.31. The van der Waals surface area contributed by atoms with E-state index in [1.807, 2.05) is 0 Å². The van der Waals surface area contributed by atoms with Crippen LogP contribution in [0.2, 0.25) is 5.02 Å². The van der Waals surface area contributed by atoms with Gasteiger partial charge in [-0.3, -0.25) is 11.3 Å². The molecule has 4 heteroatoms. The molecule has 0 amide bonds. The molecule has 3 N–H and O–H groups in total. The summed E-state index contributed by atoms with van der Waals surface area (Å²) >= 11 is 6.15. The van der Waals surface area contributed by atoms with Crippen LogP contribution in [-0.4, -0.2) is 0 Å². The lowest BCUT2D eigenvalue weighted by Gasteiger charge is -2.36. The molecule has 2 nitrogen and oxygen atoms in total. The molecule has 1 fully saturated rings. The minimum absolute atomic E-state index is 0.00282. The number of hydrazine groups is 1. The van der Waals surface area contributed by atoms with Crippen molar-refractivity contribution in [2.45, 2.75) is 39.2 Å². The summed E-state index contributed by atoms with van der Waals surface area (Å²) in [6, 6.07) is 4.55. The molecule has 0 saturated heterocycles. The molecule has 0 radical (unpaired) electrons. The van der Waals surface area contributed by atoms with Crippen LogP contribution in [-0.2, 0) is 0 Å². The minimum atomic E-state index is -0.310. The lowest BCUT2D eigenvalue weighted by Crippen LogP contribution is -2.37. The number of hydrogen-bond donors (Lipinski definition) is 2. The summed E-state index contributed by atoms with van der Waals surface area (Å²) in [5, 5.41) is 0.453. The third-order valence-electron chi connectivity index (χ3n) is 4.59. The molecular formula is C15H22ClFN2. The Bertz CT molecular complexity index is 438. The average molecular weight is 285 g/mol. The highest BCUT2D eigenvalue weighted by atomic mass is 35.5. The zero-order chi connectivity index (χ0) is 14.0. The van der Waals surface area contributed by atoms with E-state index in [1.54, 1.807) is 6.07 Å². The molecule has 0 bridgehead atoms. The maximum absolute atomic E-state index is 13.1. The van der Waals surface area contributed by atoms with Crippen LogP contribution in [0.5, 0.6) is 0 Å². The van der Waals surface area contributed by atoms with Crippen LogP contribution in [0.3, 0.4) is 0 Å². The van der Waals surface area contributed by atoms with Gasteiger partial charge in [0, 0.05) is 5.02 Å². The molecular weight excluding hydrogens is 263 g/mol. The van der Waals surface area contributed by atoms with E-state index >= 15 is 0 Å². The summed E-state index contributed by atoms with van der Waals surface area (Å²) < 4.78 is 13.1. The monoisotopic (exact) mass is 284 g/mol. The smallest absolute Gasteiger partial charge is 0.124 e. The fraction of sp³-hybridized carbons (Fsp3) is 0.600. The van der Waals surface area contributed by atoms with Crippen molar-refractivity contribution in [1.29, 1.82) is 0 Å². The summed E-state index contributed by atoms with van der Waals surface area (Å²) in [7, 11) is 0. The van der Waals surface area contributed by atoms with Gasteiger partial charge in [-0.2, -0.15) is 0 Å². The minimum Gasteiger partial charge on any atom is -0.271 e. The van der Waals surface area contributed by atoms with Gasteiger partial charge in [-0.05, 0) is 48.3 Å². The van der Waals surface area contributed by atoms with Gasteiger partial charge in [0.25, 0.3) is 0 Å². The average Bonchev–Trinajstić information content (AvgIpc) is 2.37. The molecule has 1 aliphatic rings. The van der Waals surface area contributed by atoms with E-state index in [0.717, 1.165) is 24.3 Å². The number of hydrogen-bond acceptors (Lipinski definition) is 2. The van der Waals surface area contributed by atoms with Crippen molar-refractivity contribution in [3.8, 4) is 0 Å². The number of nitrogens with two attached hydrogens (primary N) is 1. The van der Waals surface area contributed by atoms with Crippen LogP contribution in [0.15, 0.2) is 18.2 Å². The molecule has 19 heavy (non-hydrogen) atoms. The van der Waals surface area contributed by atoms with Crippen molar-refractivity contribution < 1.29 is 4.39 Å². The van der Waals surface area contributed by atoms with Crippen LogP contribution in [0.1, 0.15) is 44.7 Å². The SMILES string of the molecule is CC1CCC(C(NN)c2ccc(F)cc2Cl)CC1C. The Hall–Kier alpha value is -0.640. The van der Waals surface area contributed by atoms with Gasteiger partial charge in [0.15, 0.2) is 0 Å². The molecule has 0 aliphatic heterocycles. The Kier molecular flexibility index (Phi) is 4.82. The van der Waals surface area contributed by atoms with Crippen molar-refractivity contribution in [2.24, 2.45) is 23.6 Å². The second-order valence-corrected chi connectivity index (χ2v) is 6.25. The second kappa shape index (κ2) is 6.21. The number of halogens is 2. The van der Waals surface area contributed by atoms with E-state index in [-0.39, 0.29) is 11.9 Å². The Labute approximate surface area is 119 Å². The van der Waals surface area contributed by atoms with E-state index in [1.165, 1.54) is 18.6 Å². The lowest BCUT2D eigenvalue weighted by atomic mass is 9.72. The zero-order valence-electron chi connectivity index (χ0n) is 11.5. The lowest BCUT2D eigenvalue weighted by molar-refractivity contribution is 0.171. The highest BCUT2D eigenvalue weighted by Gasteiger charge is 2.31. The number of rotatable bonds is 3. The van der Waals surface area contributed by atoms with Gasteiger partial charge in [-0.15, -0.1) is 0 Å².